The summed E-state index contributed by atoms with van der Waals surface area (Å²) >= 11 is 0. The minimum Gasteiger partial charge on any atom is -0.469 e. The highest BCUT2D eigenvalue weighted by Gasteiger charge is 2.61. The number of ether oxygens (including phenoxy) is 18. The molecule has 0 unspecified atom stereocenters. The SMILES string of the molecule is COC(=O)CC[C@H](NC(=O)[C@H](C)NC(=O)C[C@H](NC(=O)[C@H](C)NC(=O)C[C@H](NC(=O)[C@H](C)NC(=O)C[C@H](NC(=O)OC(C)(C)C)[C@H]1O[C@@H]2OC(C)(C)O[C@@H]2[C@H]1OC)[C@H]1O[C@@H]2OC(C)(C)O[C@@H]2[C@H]1OC)[C@H]1O[C@@H]2OC(C)(C)O[C@@H]2[C@H]1OC)[C@H]1O[C@@H]2OC(C)(C)O[C@@H]2[C@H]1OC. The van der Waals surface area contributed by atoms with Crippen LogP contribution in [-0.4, -0.2) is 253 Å². The first-order valence-corrected chi connectivity index (χ1v) is 31.4. The summed E-state index contributed by atoms with van der Waals surface area (Å²) in [6, 6.07) is -8.26. The second-order valence-electron chi connectivity index (χ2n) is 27.3. The predicted octanol–water partition coefficient (Wildman–Crippen LogP) is -0.463. The number of carbonyl (C=O) groups is 8. The highest BCUT2D eigenvalue weighted by molar-refractivity contribution is 5.91. The fourth-order valence-electron chi connectivity index (χ4n) is 12.9. The number of rotatable bonds is 27. The van der Waals surface area contributed by atoms with Crippen molar-refractivity contribution in [1.29, 1.82) is 0 Å². The van der Waals surface area contributed by atoms with Gasteiger partial charge in [-0.15, -0.1) is 0 Å². The molecule has 93 heavy (non-hydrogen) atoms. The van der Waals surface area contributed by atoms with E-state index in [1.54, 1.807) is 76.2 Å². The number of methoxy groups -OCH3 is 5. The van der Waals surface area contributed by atoms with E-state index >= 15 is 0 Å². The van der Waals surface area contributed by atoms with Gasteiger partial charge in [0.25, 0.3) is 0 Å². The molecular formula is C60H97N7O26. The molecule has 0 radical (unpaired) electrons. The molecule has 0 saturated carbocycles. The Hall–Kier alpha value is -5.08. The van der Waals surface area contributed by atoms with Crippen LogP contribution in [0.4, 0.5) is 4.79 Å². The molecular weight excluding hydrogens is 1230 g/mol. The Morgan fingerprint density at radius 1 is 0.398 bits per heavy atom. The summed E-state index contributed by atoms with van der Waals surface area (Å²) in [6.07, 6.45) is -16.5. The van der Waals surface area contributed by atoms with E-state index in [4.69, 9.17) is 85.3 Å². The van der Waals surface area contributed by atoms with Crippen LogP contribution in [0, 0.1) is 0 Å². The van der Waals surface area contributed by atoms with Gasteiger partial charge in [-0.25, -0.2) is 4.79 Å². The van der Waals surface area contributed by atoms with E-state index in [0.717, 1.165) is 0 Å². The van der Waals surface area contributed by atoms with Crippen LogP contribution in [0.2, 0.25) is 0 Å². The molecule has 8 rings (SSSR count). The van der Waals surface area contributed by atoms with E-state index in [-0.39, 0.29) is 12.8 Å². The molecule has 23 atom stereocenters. The van der Waals surface area contributed by atoms with Gasteiger partial charge in [0.1, 0.15) is 97.0 Å². The number of esters is 1. The Bertz CT molecular complexity index is 2700. The van der Waals surface area contributed by atoms with Crippen LogP contribution >= 0.6 is 0 Å². The molecule has 0 bridgehead atoms. The fourth-order valence-corrected chi connectivity index (χ4v) is 12.9. The van der Waals surface area contributed by atoms with Gasteiger partial charge in [-0.1, -0.05) is 0 Å². The Balaban J connectivity index is 0.944. The van der Waals surface area contributed by atoms with Crippen LogP contribution in [0.15, 0.2) is 0 Å². The van der Waals surface area contributed by atoms with E-state index in [2.05, 4.69) is 37.2 Å². The number of hydrogen-bond donors (Lipinski definition) is 7. The molecule has 7 amide bonds. The quantitative estimate of drug-likeness (QED) is 0.0512. The Morgan fingerprint density at radius 3 is 0.935 bits per heavy atom. The maximum Gasteiger partial charge on any atom is 0.407 e. The molecule has 33 nitrogen and oxygen atoms in total. The summed E-state index contributed by atoms with van der Waals surface area (Å²) in [5.41, 5.74) is -0.909. The largest absolute Gasteiger partial charge is 0.469 e. The van der Waals surface area contributed by atoms with Gasteiger partial charge in [0, 0.05) is 54.1 Å². The standard InChI is InChI=1S/C60H97N7O26/c1-25(48(72)64-28(20-21-35(71)76-15)36-40(77-16)44-51(81-36)89-57(7,8)85-44)61-32(68)22-29(37-41(78-17)45-52(82-37)90-58(9,10)86-45)65-49(73)26(2)62-33(69)23-30(38-42(79-18)46-53(83-38)91-59(11,12)87-46)66-50(74)27(3)63-34(70)24-31(67-55(75)93-56(4,5)6)39-43(80-19)47-54(84-39)92-60(13,14)88-47/h25-31,36-47,51-54H,20-24H2,1-19H3,(H,61,68)(H,62,69)(H,63,70)(H,64,72)(H,65,73)(H,66,74)(H,67,75)/t25-,26-,27-,28-,29-,30-,31-,36+,37+,38+,39+,40-,41-,42-,43-,44+,45+,46+,47+,51+,52+,53+,54+/m0/s1. The Labute approximate surface area is 540 Å². The minimum absolute atomic E-state index is 0.0524. The Kier molecular flexibility index (Phi) is 23.2. The van der Waals surface area contributed by atoms with Crippen molar-refractivity contribution in [3.05, 3.63) is 0 Å². The van der Waals surface area contributed by atoms with Crippen LogP contribution in [0.3, 0.4) is 0 Å². The fraction of sp³-hybridized carbons (Fsp3) is 0.867. The molecule has 8 saturated heterocycles. The lowest BCUT2D eigenvalue weighted by Crippen LogP contribution is -2.58. The highest BCUT2D eigenvalue weighted by Crippen LogP contribution is 2.44. The zero-order valence-electron chi connectivity index (χ0n) is 56.4. The first kappa shape index (κ1) is 73.7. The number of carbonyl (C=O) groups excluding carboxylic acids is 8. The zero-order chi connectivity index (χ0) is 68.6. The van der Waals surface area contributed by atoms with Crippen molar-refractivity contribution in [2.45, 2.75) is 298 Å². The van der Waals surface area contributed by atoms with Crippen molar-refractivity contribution in [1.82, 2.24) is 37.2 Å². The second-order valence-corrected chi connectivity index (χ2v) is 27.3. The van der Waals surface area contributed by atoms with E-state index in [9.17, 15) is 38.4 Å². The van der Waals surface area contributed by atoms with Crippen molar-refractivity contribution in [3.63, 3.8) is 0 Å². The van der Waals surface area contributed by atoms with E-state index in [0.29, 0.717) is 0 Å². The average Bonchev–Trinajstić information content (AvgIpc) is 1.65. The first-order chi connectivity index (χ1) is 43.4. The maximum atomic E-state index is 14.4. The smallest absolute Gasteiger partial charge is 0.407 e. The van der Waals surface area contributed by atoms with E-state index in [1.165, 1.54) is 56.3 Å². The molecule has 0 spiro atoms. The molecule has 8 aliphatic rings. The van der Waals surface area contributed by atoms with E-state index < -0.39 is 236 Å². The summed E-state index contributed by atoms with van der Waals surface area (Å²) < 4.78 is 107. The third kappa shape index (κ3) is 17.9. The van der Waals surface area contributed by atoms with Gasteiger partial charge in [0.15, 0.2) is 48.3 Å². The van der Waals surface area contributed by atoms with Crippen molar-refractivity contribution in [2.24, 2.45) is 0 Å². The van der Waals surface area contributed by atoms with Crippen molar-refractivity contribution in [2.75, 3.05) is 35.5 Å². The van der Waals surface area contributed by atoms with Crippen LogP contribution in [0.1, 0.15) is 129 Å². The van der Waals surface area contributed by atoms with Crippen LogP contribution in [0.25, 0.3) is 0 Å². The van der Waals surface area contributed by atoms with Gasteiger partial charge in [-0.05, 0) is 103 Å². The number of nitrogens with one attached hydrogen (secondary N) is 7. The number of amides is 7. The third-order valence-corrected chi connectivity index (χ3v) is 16.9. The molecule has 0 aromatic rings. The van der Waals surface area contributed by atoms with Crippen molar-refractivity contribution in [3.8, 4) is 0 Å². The summed E-state index contributed by atoms with van der Waals surface area (Å²) in [7, 11) is 6.93. The molecule has 8 fully saturated rings. The lowest BCUT2D eigenvalue weighted by molar-refractivity contribution is -0.220. The first-order valence-electron chi connectivity index (χ1n) is 31.4. The molecule has 0 aromatic heterocycles. The molecule has 8 heterocycles. The van der Waals surface area contributed by atoms with Crippen LogP contribution < -0.4 is 37.2 Å². The zero-order valence-corrected chi connectivity index (χ0v) is 56.4. The number of fused-ring (bicyclic) bond motifs is 4. The average molecular weight is 1330 g/mol. The van der Waals surface area contributed by atoms with Crippen molar-refractivity contribution < 1.29 is 124 Å². The summed E-state index contributed by atoms with van der Waals surface area (Å²) in [5, 5.41) is 19.3. The molecule has 528 valence electrons. The second kappa shape index (κ2) is 29.3. The Morgan fingerprint density at radius 2 is 0.667 bits per heavy atom. The van der Waals surface area contributed by atoms with Crippen molar-refractivity contribution >= 4 is 47.5 Å². The van der Waals surface area contributed by atoms with Gasteiger partial charge in [0.05, 0.1) is 31.3 Å². The molecule has 0 aliphatic carbocycles. The lowest BCUT2D eigenvalue weighted by Gasteiger charge is -2.33. The van der Waals surface area contributed by atoms with E-state index in [1.807, 2.05) is 0 Å². The molecule has 7 N–H and O–H groups in total. The third-order valence-electron chi connectivity index (χ3n) is 16.9. The summed E-state index contributed by atoms with van der Waals surface area (Å²) in [5.74, 6) is -9.10. The van der Waals surface area contributed by atoms with Gasteiger partial charge < -0.3 is 122 Å². The normalized spacial score (nSPS) is 34.7. The monoisotopic (exact) mass is 1330 g/mol. The predicted molar refractivity (Wildman–Crippen MR) is 315 cm³/mol. The van der Waals surface area contributed by atoms with Gasteiger partial charge >= 0.3 is 12.1 Å². The van der Waals surface area contributed by atoms with Gasteiger partial charge in [-0.3, -0.25) is 33.6 Å². The molecule has 33 heteroatoms. The van der Waals surface area contributed by atoms with Crippen LogP contribution in [0.5, 0.6) is 0 Å². The summed E-state index contributed by atoms with van der Waals surface area (Å²) in [6.45, 7) is 22.9. The lowest BCUT2D eigenvalue weighted by atomic mass is 9.98. The highest BCUT2D eigenvalue weighted by atomic mass is 16.9. The minimum atomic E-state index is -1.34. The maximum absolute atomic E-state index is 14.4. The van der Waals surface area contributed by atoms with Crippen LogP contribution in [-0.2, 0) is 119 Å². The molecule has 8 aliphatic heterocycles. The molecule has 0 aromatic carbocycles. The van der Waals surface area contributed by atoms with Gasteiger partial charge in [0.2, 0.25) is 35.4 Å². The van der Waals surface area contributed by atoms with Gasteiger partial charge in [-0.2, -0.15) is 0 Å². The number of hydrogen-bond acceptors (Lipinski definition) is 26. The number of alkyl carbamates (subject to hydrolysis) is 1. The summed E-state index contributed by atoms with van der Waals surface area (Å²) in [4.78, 5) is 111. The topological polar surface area (TPSA) is 387 Å².